The lowest BCUT2D eigenvalue weighted by molar-refractivity contribution is -0.148. The monoisotopic (exact) mass is 244 g/mol. The molecule has 16 heavy (non-hydrogen) atoms. The standard InChI is InChI=1S/C11H20N2O2S/c1-4-8(9(12)16)10(14)13-5-6-15-11(2,3)7-13/h8H,4-7H2,1-3H3,(H2,12,16). The first-order chi connectivity index (χ1) is 7.37. The molecule has 1 atom stereocenters. The van der Waals surface area contributed by atoms with Crippen molar-refractivity contribution in [1.82, 2.24) is 4.90 Å². The van der Waals surface area contributed by atoms with Gasteiger partial charge in [-0.05, 0) is 20.3 Å². The molecular formula is C11H20N2O2S. The van der Waals surface area contributed by atoms with E-state index in [4.69, 9.17) is 22.7 Å². The van der Waals surface area contributed by atoms with Gasteiger partial charge in [0.2, 0.25) is 5.91 Å². The summed E-state index contributed by atoms with van der Waals surface area (Å²) in [4.78, 5) is 14.3. The number of nitrogens with two attached hydrogens (primary N) is 1. The van der Waals surface area contributed by atoms with Gasteiger partial charge in [0.1, 0.15) is 0 Å². The molecule has 0 bridgehead atoms. The fourth-order valence-corrected chi connectivity index (χ4v) is 2.19. The van der Waals surface area contributed by atoms with Gasteiger partial charge in [-0.2, -0.15) is 0 Å². The van der Waals surface area contributed by atoms with E-state index in [0.717, 1.165) is 0 Å². The topological polar surface area (TPSA) is 55.6 Å². The van der Waals surface area contributed by atoms with Crippen molar-refractivity contribution in [1.29, 1.82) is 0 Å². The fourth-order valence-electron chi connectivity index (χ4n) is 1.92. The van der Waals surface area contributed by atoms with E-state index in [1.54, 1.807) is 4.90 Å². The zero-order valence-electron chi connectivity index (χ0n) is 10.2. The smallest absolute Gasteiger partial charge is 0.232 e. The third-order valence-corrected chi connectivity index (χ3v) is 3.07. The number of hydrogen-bond donors (Lipinski definition) is 1. The maximum Gasteiger partial charge on any atom is 0.232 e. The molecule has 0 aromatic carbocycles. The molecule has 1 amide bonds. The third-order valence-electron chi connectivity index (χ3n) is 2.79. The molecule has 1 rings (SSSR count). The molecule has 2 N–H and O–H groups in total. The van der Waals surface area contributed by atoms with Crippen LogP contribution in [0.25, 0.3) is 0 Å². The Balaban J connectivity index is 2.69. The molecule has 0 saturated carbocycles. The predicted molar refractivity (Wildman–Crippen MR) is 67.2 cm³/mol. The van der Waals surface area contributed by atoms with Gasteiger partial charge in [0.25, 0.3) is 0 Å². The van der Waals surface area contributed by atoms with Crippen LogP contribution in [-0.4, -0.2) is 41.1 Å². The normalized spacial score (nSPS) is 21.6. The largest absolute Gasteiger partial charge is 0.393 e. The van der Waals surface area contributed by atoms with Crippen molar-refractivity contribution in [2.45, 2.75) is 32.8 Å². The van der Waals surface area contributed by atoms with Crippen LogP contribution in [-0.2, 0) is 9.53 Å². The highest BCUT2D eigenvalue weighted by molar-refractivity contribution is 7.80. The van der Waals surface area contributed by atoms with Gasteiger partial charge < -0.3 is 15.4 Å². The SMILES string of the molecule is CCC(C(=O)N1CCOC(C)(C)C1)C(N)=S. The molecule has 1 aliphatic heterocycles. The average molecular weight is 244 g/mol. The molecule has 0 radical (unpaired) electrons. The summed E-state index contributed by atoms with van der Waals surface area (Å²) in [6.45, 7) is 7.69. The summed E-state index contributed by atoms with van der Waals surface area (Å²) in [5.74, 6) is -0.296. The summed E-state index contributed by atoms with van der Waals surface area (Å²) in [7, 11) is 0. The number of rotatable bonds is 3. The van der Waals surface area contributed by atoms with Crippen LogP contribution in [0.2, 0.25) is 0 Å². The van der Waals surface area contributed by atoms with Gasteiger partial charge in [-0.1, -0.05) is 19.1 Å². The highest BCUT2D eigenvalue weighted by Gasteiger charge is 2.33. The van der Waals surface area contributed by atoms with Crippen LogP contribution in [0.5, 0.6) is 0 Å². The maximum absolute atomic E-state index is 12.2. The number of carbonyl (C=O) groups excluding carboxylic acids is 1. The second-order valence-corrected chi connectivity index (χ2v) is 5.20. The minimum atomic E-state index is -0.330. The molecule has 1 fully saturated rings. The van der Waals surface area contributed by atoms with E-state index in [1.807, 2.05) is 20.8 Å². The molecule has 4 nitrogen and oxygen atoms in total. The zero-order valence-corrected chi connectivity index (χ0v) is 11.0. The van der Waals surface area contributed by atoms with Crippen molar-refractivity contribution in [3.05, 3.63) is 0 Å². The van der Waals surface area contributed by atoms with Crippen molar-refractivity contribution in [3.63, 3.8) is 0 Å². The molecule has 0 aromatic heterocycles. The molecule has 1 heterocycles. The first-order valence-corrected chi connectivity index (χ1v) is 6.00. The molecule has 1 saturated heterocycles. The Morgan fingerprint density at radius 1 is 1.62 bits per heavy atom. The highest BCUT2D eigenvalue weighted by Crippen LogP contribution is 2.19. The van der Waals surface area contributed by atoms with E-state index >= 15 is 0 Å². The van der Waals surface area contributed by atoms with Crippen molar-refractivity contribution >= 4 is 23.1 Å². The predicted octanol–water partition coefficient (Wildman–Crippen LogP) is 0.936. The number of ether oxygens (including phenoxy) is 1. The van der Waals surface area contributed by atoms with Crippen LogP contribution in [0.3, 0.4) is 0 Å². The molecule has 0 aliphatic carbocycles. The second-order valence-electron chi connectivity index (χ2n) is 4.73. The molecular weight excluding hydrogens is 224 g/mol. The van der Waals surface area contributed by atoms with Crippen LogP contribution >= 0.6 is 12.2 Å². The van der Waals surface area contributed by atoms with Crippen molar-refractivity contribution in [2.24, 2.45) is 11.7 Å². The Bertz CT molecular complexity index is 292. The summed E-state index contributed by atoms with van der Waals surface area (Å²) in [6.07, 6.45) is 0.659. The number of carbonyl (C=O) groups is 1. The quantitative estimate of drug-likeness (QED) is 0.751. The van der Waals surface area contributed by atoms with Crippen molar-refractivity contribution in [2.75, 3.05) is 19.7 Å². The van der Waals surface area contributed by atoms with Gasteiger partial charge in [0.15, 0.2) is 0 Å². The van der Waals surface area contributed by atoms with Crippen molar-refractivity contribution < 1.29 is 9.53 Å². The first-order valence-electron chi connectivity index (χ1n) is 5.59. The summed E-state index contributed by atoms with van der Waals surface area (Å²) >= 11 is 4.92. The number of nitrogens with zero attached hydrogens (tertiary/aromatic N) is 1. The van der Waals surface area contributed by atoms with E-state index in [1.165, 1.54) is 0 Å². The number of thiocarbonyl (C=S) groups is 1. The van der Waals surface area contributed by atoms with Gasteiger partial charge >= 0.3 is 0 Å². The van der Waals surface area contributed by atoms with E-state index in [9.17, 15) is 4.79 Å². The molecule has 1 aliphatic rings. The first kappa shape index (κ1) is 13.4. The van der Waals surface area contributed by atoms with Gasteiger partial charge in [-0.25, -0.2) is 0 Å². The Morgan fingerprint density at radius 3 is 2.69 bits per heavy atom. The summed E-state index contributed by atoms with van der Waals surface area (Å²) in [5.41, 5.74) is 5.30. The number of morpholine rings is 1. The summed E-state index contributed by atoms with van der Waals surface area (Å²) < 4.78 is 5.56. The van der Waals surface area contributed by atoms with Gasteiger partial charge in [0.05, 0.1) is 23.1 Å². The van der Waals surface area contributed by atoms with Crippen molar-refractivity contribution in [3.8, 4) is 0 Å². The lowest BCUT2D eigenvalue weighted by Crippen LogP contribution is -2.53. The van der Waals surface area contributed by atoms with E-state index in [2.05, 4.69) is 0 Å². The van der Waals surface area contributed by atoms with Crippen LogP contribution in [0.4, 0.5) is 0 Å². The minimum absolute atomic E-state index is 0.0337. The maximum atomic E-state index is 12.2. The van der Waals surface area contributed by atoms with Gasteiger partial charge in [0, 0.05) is 13.1 Å². The van der Waals surface area contributed by atoms with E-state index in [-0.39, 0.29) is 22.4 Å². The fraction of sp³-hybridized carbons (Fsp3) is 0.818. The average Bonchev–Trinajstić information content (AvgIpc) is 2.16. The molecule has 5 heteroatoms. The molecule has 1 unspecified atom stereocenters. The Hall–Kier alpha value is -0.680. The lowest BCUT2D eigenvalue weighted by atomic mass is 10.0. The Kier molecular flexibility index (Phi) is 4.27. The molecule has 0 spiro atoms. The Labute approximate surface area is 102 Å². The lowest BCUT2D eigenvalue weighted by Gasteiger charge is -2.39. The van der Waals surface area contributed by atoms with Crippen LogP contribution in [0, 0.1) is 5.92 Å². The summed E-state index contributed by atoms with van der Waals surface area (Å²) in [5, 5.41) is 0. The van der Waals surface area contributed by atoms with Crippen LogP contribution in [0.15, 0.2) is 0 Å². The second kappa shape index (κ2) is 5.10. The van der Waals surface area contributed by atoms with Crippen LogP contribution in [0.1, 0.15) is 27.2 Å². The number of hydrogen-bond acceptors (Lipinski definition) is 3. The zero-order chi connectivity index (χ0) is 12.3. The van der Waals surface area contributed by atoms with Crippen LogP contribution < -0.4 is 5.73 Å². The Morgan fingerprint density at radius 2 is 2.25 bits per heavy atom. The minimum Gasteiger partial charge on any atom is -0.393 e. The van der Waals surface area contributed by atoms with E-state index < -0.39 is 0 Å². The summed E-state index contributed by atoms with van der Waals surface area (Å²) in [6, 6.07) is 0. The molecule has 92 valence electrons. The highest BCUT2D eigenvalue weighted by atomic mass is 32.1. The van der Waals surface area contributed by atoms with Gasteiger partial charge in [-0.15, -0.1) is 0 Å². The molecule has 0 aromatic rings. The number of amides is 1. The third kappa shape index (κ3) is 3.15. The van der Waals surface area contributed by atoms with Gasteiger partial charge in [-0.3, -0.25) is 4.79 Å². The van der Waals surface area contributed by atoms with E-state index in [0.29, 0.717) is 26.1 Å².